The predicted molar refractivity (Wildman–Crippen MR) is 160 cm³/mol. The maximum absolute atomic E-state index is 13.8. The van der Waals surface area contributed by atoms with E-state index in [1.165, 1.54) is 0 Å². The molecular weight excluding hydrogens is 550 g/mol. The summed E-state index contributed by atoms with van der Waals surface area (Å²) in [6.45, 7) is 10.0. The van der Waals surface area contributed by atoms with Crippen LogP contribution >= 0.6 is 0 Å². The number of carbonyl (C=O) groups excluding carboxylic acids is 1. The lowest BCUT2D eigenvalue weighted by Gasteiger charge is -2.60. The van der Waals surface area contributed by atoms with E-state index in [1.54, 1.807) is 20.1 Å². The van der Waals surface area contributed by atoms with E-state index < -0.39 is 41.2 Å². The van der Waals surface area contributed by atoms with Crippen LogP contribution in [-0.4, -0.2) is 94.9 Å². The van der Waals surface area contributed by atoms with Gasteiger partial charge in [-0.05, 0) is 112 Å². The molecule has 43 heavy (non-hydrogen) atoms. The predicted octanol–water partition coefficient (Wildman–Crippen LogP) is 2.72. The van der Waals surface area contributed by atoms with Crippen molar-refractivity contribution in [1.29, 1.82) is 0 Å². The molecule has 0 spiro atoms. The molecule has 2 aliphatic heterocycles. The third kappa shape index (κ3) is 4.82. The van der Waals surface area contributed by atoms with Crippen LogP contribution in [0.25, 0.3) is 0 Å². The second-order valence-corrected chi connectivity index (χ2v) is 15.6. The lowest BCUT2D eigenvalue weighted by Crippen LogP contribution is -2.63. The number of rotatable bonds is 8. The van der Waals surface area contributed by atoms with Gasteiger partial charge in [-0.25, -0.2) is 0 Å². The number of ketones is 1. The summed E-state index contributed by atoms with van der Waals surface area (Å²) in [6, 6.07) is 0. The highest BCUT2D eigenvalue weighted by Gasteiger charge is 2.69. The summed E-state index contributed by atoms with van der Waals surface area (Å²) in [5.41, 5.74) is -2.84. The Balaban J connectivity index is 1.22. The number of carbonyl (C=O) groups is 1. The number of allylic oxidation sites excluding steroid dienone is 1. The van der Waals surface area contributed by atoms with Crippen LogP contribution in [0.15, 0.2) is 11.6 Å². The molecule has 9 nitrogen and oxygen atoms in total. The van der Waals surface area contributed by atoms with Crippen LogP contribution in [0.5, 0.6) is 0 Å². The molecule has 0 aromatic carbocycles. The molecule has 0 bridgehead atoms. The summed E-state index contributed by atoms with van der Waals surface area (Å²) >= 11 is 0. The Bertz CT molecular complexity index is 1100. The molecule has 0 aromatic heterocycles. The zero-order valence-electron chi connectivity index (χ0n) is 26.8. The fourth-order valence-corrected chi connectivity index (χ4v) is 10.9. The van der Waals surface area contributed by atoms with Gasteiger partial charge in [0, 0.05) is 31.7 Å². The molecule has 14 atom stereocenters. The maximum Gasteiger partial charge on any atom is 0.159 e. The minimum atomic E-state index is -1.53. The smallest absolute Gasteiger partial charge is 0.159 e. The van der Waals surface area contributed by atoms with Gasteiger partial charge in [-0.2, -0.15) is 0 Å². The molecule has 6 aliphatic rings. The number of methoxy groups -OCH3 is 1. The molecule has 5 fully saturated rings. The van der Waals surface area contributed by atoms with Gasteiger partial charge >= 0.3 is 0 Å². The molecule has 2 saturated heterocycles. The number of fused-ring (bicyclic) bond motifs is 6. The maximum atomic E-state index is 13.8. The summed E-state index contributed by atoms with van der Waals surface area (Å²) in [5.74, 6) is -0.230. The topological polar surface area (TPSA) is 138 Å². The molecule has 4 aliphatic carbocycles. The summed E-state index contributed by atoms with van der Waals surface area (Å²) in [4.78, 5) is 13.8. The molecule has 0 radical (unpaired) electrons. The van der Waals surface area contributed by atoms with E-state index in [-0.39, 0.29) is 46.9 Å². The fraction of sp³-hybridized carbons (Fsp3) is 0.912. The molecular formula is C34H55NO8. The van der Waals surface area contributed by atoms with Crippen LogP contribution < -0.4 is 5.32 Å². The van der Waals surface area contributed by atoms with E-state index in [1.807, 2.05) is 6.92 Å². The zero-order valence-corrected chi connectivity index (χ0v) is 26.8. The van der Waals surface area contributed by atoms with Crippen molar-refractivity contribution in [3.05, 3.63) is 11.6 Å². The summed E-state index contributed by atoms with van der Waals surface area (Å²) < 4.78 is 17.5. The SMILES string of the molecule is COCCCO[C@H]1CC[C@@]2(C)[C@@H](C1)C(=O)C=C1[C@@H]2CC[C@]2(C)[C@@H]([C@](C)(O)[C@H](O)[C@H]3O[C@H]4[C@H](CCN[C@@H]4O)[C@H]3C)CC[C@@]12O. The molecule has 5 N–H and O–H groups in total. The Morgan fingerprint density at radius 1 is 1.14 bits per heavy atom. The molecule has 9 heteroatoms. The Hall–Kier alpha value is -0.910. The van der Waals surface area contributed by atoms with Crippen LogP contribution in [0, 0.1) is 40.4 Å². The van der Waals surface area contributed by atoms with Crippen molar-refractivity contribution < 1.29 is 39.4 Å². The van der Waals surface area contributed by atoms with Crippen LogP contribution in [0.2, 0.25) is 0 Å². The first-order valence-electron chi connectivity index (χ1n) is 16.9. The number of aliphatic hydroxyl groups excluding tert-OH is 2. The first-order valence-corrected chi connectivity index (χ1v) is 16.9. The van der Waals surface area contributed by atoms with E-state index in [9.17, 15) is 25.2 Å². The van der Waals surface area contributed by atoms with E-state index >= 15 is 0 Å². The second-order valence-electron chi connectivity index (χ2n) is 15.6. The van der Waals surface area contributed by atoms with Crippen molar-refractivity contribution in [3.63, 3.8) is 0 Å². The number of piperidine rings is 1. The van der Waals surface area contributed by atoms with Crippen LogP contribution in [0.3, 0.4) is 0 Å². The highest BCUT2D eigenvalue weighted by Crippen LogP contribution is 2.69. The van der Waals surface area contributed by atoms with Crippen molar-refractivity contribution in [1.82, 2.24) is 5.32 Å². The standard InChI is InChI=1S/C34H55NO8/c1-19-21-10-14-35-30(38)28(21)43-27(19)29(37)33(4,39)26-9-13-34(40)23-18-25(36)24-17-20(42-16-6-15-41-5)7-11-31(24,2)22(23)8-12-32(26,34)3/h18-22,24,26-30,35,37-40H,6-17H2,1-5H3/t19-,20+,21-,22+,24+,26+,27+,28+,29-,30-,31-,32-,33+,34-/m1/s1. The van der Waals surface area contributed by atoms with Gasteiger partial charge in [-0.15, -0.1) is 0 Å². The molecule has 2 heterocycles. The molecule has 3 saturated carbocycles. The molecule has 0 amide bonds. The second kappa shape index (κ2) is 11.4. The van der Waals surface area contributed by atoms with Crippen LogP contribution in [0.1, 0.15) is 85.5 Å². The van der Waals surface area contributed by atoms with Gasteiger partial charge < -0.3 is 34.6 Å². The number of aliphatic hydroxyl groups is 4. The Labute approximate surface area is 256 Å². The average molecular weight is 606 g/mol. The van der Waals surface area contributed by atoms with Gasteiger partial charge in [0.15, 0.2) is 5.78 Å². The molecule has 244 valence electrons. The normalized spacial score (nSPS) is 49.7. The average Bonchev–Trinajstić information content (AvgIpc) is 3.46. The molecule has 0 unspecified atom stereocenters. The van der Waals surface area contributed by atoms with Gasteiger partial charge in [0.05, 0.1) is 23.4 Å². The summed E-state index contributed by atoms with van der Waals surface area (Å²) in [5, 5.41) is 50.1. The van der Waals surface area contributed by atoms with Crippen LogP contribution in [-0.2, 0) is 19.0 Å². The minimum Gasteiger partial charge on any atom is -0.387 e. The number of hydrogen-bond acceptors (Lipinski definition) is 9. The summed E-state index contributed by atoms with van der Waals surface area (Å²) in [6.07, 6.45) is 5.57. The van der Waals surface area contributed by atoms with E-state index in [4.69, 9.17) is 14.2 Å². The first-order chi connectivity index (χ1) is 20.3. The Morgan fingerprint density at radius 3 is 2.63 bits per heavy atom. The molecule has 0 aromatic rings. The number of nitrogens with one attached hydrogen (secondary N) is 1. The third-order valence-electron chi connectivity index (χ3n) is 13.6. The largest absolute Gasteiger partial charge is 0.387 e. The zero-order chi connectivity index (χ0) is 30.9. The highest BCUT2D eigenvalue weighted by molar-refractivity contribution is 5.95. The van der Waals surface area contributed by atoms with Crippen molar-refractivity contribution in [2.75, 3.05) is 26.9 Å². The first kappa shape index (κ1) is 32.0. The Morgan fingerprint density at radius 2 is 1.91 bits per heavy atom. The number of hydrogen-bond donors (Lipinski definition) is 5. The Kier molecular flexibility index (Phi) is 8.50. The lowest BCUT2D eigenvalue weighted by atomic mass is 9.46. The van der Waals surface area contributed by atoms with Gasteiger partial charge in [-0.1, -0.05) is 20.8 Å². The highest BCUT2D eigenvalue weighted by atomic mass is 16.5. The van der Waals surface area contributed by atoms with Crippen molar-refractivity contribution in [2.45, 2.75) is 127 Å². The van der Waals surface area contributed by atoms with E-state index in [2.05, 4.69) is 19.2 Å². The summed E-state index contributed by atoms with van der Waals surface area (Å²) in [7, 11) is 1.69. The van der Waals surface area contributed by atoms with Crippen molar-refractivity contribution in [2.24, 2.45) is 40.4 Å². The van der Waals surface area contributed by atoms with Crippen molar-refractivity contribution in [3.8, 4) is 0 Å². The monoisotopic (exact) mass is 605 g/mol. The van der Waals surface area contributed by atoms with Gasteiger partial charge in [0.2, 0.25) is 0 Å². The number of ether oxygens (including phenoxy) is 3. The van der Waals surface area contributed by atoms with Gasteiger partial charge in [0.1, 0.15) is 18.4 Å². The van der Waals surface area contributed by atoms with Crippen molar-refractivity contribution >= 4 is 5.78 Å². The molecule has 6 rings (SSSR count). The minimum absolute atomic E-state index is 0.0262. The van der Waals surface area contributed by atoms with E-state index in [0.717, 1.165) is 37.7 Å². The van der Waals surface area contributed by atoms with Gasteiger partial charge in [0.25, 0.3) is 0 Å². The van der Waals surface area contributed by atoms with E-state index in [0.29, 0.717) is 45.4 Å². The van der Waals surface area contributed by atoms with Crippen LogP contribution in [0.4, 0.5) is 0 Å². The quantitative estimate of drug-likeness (QED) is 0.265. The van der Waals surface area contributed by atoms with Gasteiger partial charge in [-0.3, -0.25) is 10.1 Å². The lowest BCUT2D eigenvalue weighted by molar-refractivity contribution is -0.201. The third-order valence-corrected chi connectivity index (χ3v) is 13.6. The fourth-order valence-electron chi connectivity index (χ4n) is 10.9.